The van der Waals surface area contributed by atoms with Crippen molar-refractivity contribution in [2.24, 2.45) is 11.3 Å². The third-order valence-corrected chi connectivity index (χ3v) is 5.62. The highest BCUT2D eigenvalue weighted by atomic mass is 16.1. The average Bonchev–Trinajstić information content (AvgIpc) is 3.13. The first-order valence-electron chi connectivity index (χ1n) is 9.01. The van der Waals surface area contributed by atoms with Crippen LogP contribution in [0.2, 0.25) is 0 Å². The number of anilines is 2. The van der Waals surface area contributed by atoms with Gasteiger partial charge in [0.15, 0.2) is 0 Å². The zero-order chi connectivity index (χ0) is 16.4. The molecule has 1 aliphatic heterocycles. The molecular formula is C19H29N3O. The standard InChI is InChI=1S/C19H29N3O/c1-4-15(2)6-11-21(13-19(3)8-9-19)17-5-10-20-18-16(17)7-12-22(18)14-23/h5,10,14-15H,4,6-9,11-13H2,1-3H3. The molecule has 23 heavy (non-hydrogen) atoms. The highest BCUT2D eigenvalue weighted by molar-refractivity contribution is 5.80. The third-order valence-electron chi connectivity index (χ3n) is 5.62. The van der Waals surface area contributed by atoms with Crippen LogP contribution in [0.5, 0.6) is 0 Å². The van der Waals surface area contributed by atoms with Crippen molar-refractivity contribution in [1.29, 1.82) is 0 Å². The lowest BCUT2D eigenvalue weighted by Gasteiger charge is -2.30. The van der Waals surface area contributed by atoms with E-state index >= 15 is 0 Å². The van der Waals surface area contributed by atoms with Crippen molar-refractivity contribution in [2.45, 2.75) is 52.9 Å². The van der Waals surface area contributed by atoms with Gasteiger partial charge < -0.3 is 4.90 Å². The van der Waals surface area contributed by atoms with Crippen molar-refractivity contribution in [3.05, 3.63) is 17.8 Å². The number of nitrogens with zero attached hydrogens (tertiary/aromatic N) is 3. The summed E-state index contributed by atoms with van der Waals surface area (Å²) in [5.74, 6) is 1.62. The van der Waals surface area contributed by atoms with Crippen LogP contribution in [0.1, 0.15) is 52.0 Å². The summed E-state index contributed by atoms with van der Waals surface area (Å²) < 4.78 is 0. The molecule has 0 N–H and O–H groups in total. The summed E-state index contributed by atoms with van der Waals surface area (Å²) in [5, 5.41) is 0. The van der Waals surface area contributed by atoms with Crippen LogP contribution in [0, 0.1) is 11.3 Å². The summed E-state index contributed by atoms with van der Waals surface area (Å²) in [7, 11) is 0. The van der Waals surface area contributed by atoms with Crippen molar-refractivity contribution < 1.29 is 4.79 Å². The maximum Gasteiger partial charge on any atom is 0.215 e. The van der Waals surface area contributed by atoms with Gasteiger partial charge in [-0.3, -0.25) is 9.69 Å². The molecule has 4 nitrogen and oxygen atoms in total. The van der Waals surface area contributed by atoms with Gasteiger partial charge in [-0.25, -0.2) is 4.98 Å². The van der Waals surface area contributed by atoms with Crippen molar-refractivity contribution in [1.82, 2.24) is 4.98 Å². The molecule has 1 unspecified atom stereocenters. The summed E-state index contributed by atoms with van der Waals surface area (Å²) in [5.41, 5.74) is 3.04. The fraction of sp³-hybridized carbons (Fsp3) is 0.684. The number of fused-ring (bicyclic) bond motifs is 1. The van der Waals surface area contributed by atoms with Crippen LogP contribution in [0.4, 0.5) is 11.5 Å². The van der Waals surface area contributed by atoms with Gasteiger partial charge in [-0.05, 0) is 43.1 Å². The maximum atomic E-state index is 11.2. The van der Waals surface area contributed by atoms with Gasteiger partial charge in [-0.1, -0.05) is 27.2 Å². The van der Waals surface area contributed by atoms with Gasteiger partial charge in [0.05, 0.1) is 0 Å². The monoisotopic (exact) mass is 315 g/mol. The summed E-state index contributed by atoms with van der Waals surface area (Å²) in [4.78, 5) is 20.0. The van der Waals surface area contributed by atoms with Gasteiger partial charge in [-0.2, -0.15) is 0 Å². The third kappa shape index (κ3) is 3.51. The van der Waals surface area contributed by atoms with Crippen LogP contribution in [0.3, 0.4) is 0 Å². The van der Waals surface area contributed by atoms with E-state index in [1.807, 2.05) is 6.20 Å². The van der Waals surface area contributed by atoms with E-state index in [4.69, 9.17) is 0 Å². The number of hydrogen-bond donors (Lipinski definition) is 0. The minimum atomic E-state index is 0.481. The molecule has 2 aliphatic rings. The number of hydrogen-bond acceptors (Lipinski definition) is 3. The largest absolute Gasteiger partial charge is 0.371 e. The molecule has 1 aliphatic carbocycles. The van der Waals surface area contributed by atoms with Crippen LogP contribution in [0.25, 0.3) is 0 Å². The second kappa shape index (κ2) is 6.50. The Bertz CT molecular complexity index is 568. The molecule has 0 saturated heterocycles. The molecule has 1 saturated carbocycles. The first-order valence-corrected chi connectivity index (χ1v) is 9.01. The zero-order valence-electron chi connectivity index (χ0n) is 14.7. The summed E-state index contributed by atoms with van der Waals surface area (Å²) in [6.07, 6.45) is 8.82. The first kappa shape index (κ1) is 16.3. The normalized spacial score (nSPS) is 19.3. The van der Waals surface area contributed by atoms with E-state index in [1.54, 1.807) is 4.90 Å². The zero-order valence-corrected chi connectivity index (χ0v) is 14.7. The predicted octanol–water partition coefficient (Wildman–Crippen LogP) is 3.64. The van der Waals surface area contributed by atoms with Gasteiger partial charge in [0, 0.05) is 37.1 Å². The van der Waals surface area contributed by atoms with Crippen molar-refractivity contribution in [3.8, 4) is 0 Å². The minimum absolute atomic E-state index is 0.481. The lowest BCUT2D eigenvalue weighted by atomic mass is 10.0. The number of carbonyl (C=O) groups is 1. The molecule has 3 rings (SSSR count). The molecule has 126 valence electrons. The molecule has 4 heteroatoms. The van der Waals surface area contributed by atoms with Crippen LogP contribution < -0.4 is 9.80 Å². The number of aromatic nitrogens is 1. The Hall–Kier alpha value is -1.58. The van der Waals surface area contributed by atoms with Gasteiger partial charge in [0.25, 0.3) is 0 Å². The SMILES string of the molecule is CCC(C)CCN(CC1(C)CC1)c1ccnc2c1CCN2C=O. The summed E-state index contributed by atoms with van der Waals surface area (Å²) in [6.45, 7) is 9.98. The maximum absolute atomic E-state index is 11.2. The highest BCUT2D eigenvalue weighted by Gasteiger charge is 2.39. The van der Waals surface area contributed by atoms with Gasteiger partial charge in [0.2, 0.25) is 6.41 Å². The Morgan fingerprint density at radius 2 is 2.26 bits per heavy atom. The average molecular weight is 315 g/mol. The van der Waals surface area contributed by atoms with E-state index < -0.39 is 0 Å². The van der Waals surface area contributed by atoms with E-state index in [0.29, 0.717) is 5.41 Å². The topological polar surface area (TPSA) is 36.4 Å². The number of carbonyl (C=O) groups excluding carboxylic acids is 1. The van der Waals surface area contributed by atoms with Gasteiger partial charge >= 0.3 is 0 Å². The van der Waals surface area contributed by atoms with Crippen LogP contribution in [0.15, 0.2) is 12.3 Å². The van der Waals surface area contributed by atoms with E-state index in [9.17, 15) is 4.79 Å². The summed E-state index contributed by atoms with van der Waals surface area (Å²) in [6, 6.07) is 2.15. The Balaban J connectivity index is 1.84. The van der Waals surface area contributed by atoms with Crippen LogP contribution in [-0.4, -0.2) is 31.0 Å². The lowest BCUT2D eigenvalue weighted by molar-refractivity contribution is -0.107. The van der Waals surface area contributed by atoms with Crippen molar-refractivity contribution in [3.63, 3.8) is 0 Å². The summed E-state index contributed by atoms with van der Waals surface area (Å²) >= 11 is 0. The molecule has 1 aromatic heterocycles. The molecule has 1 amide bonds. The van der Waals surface area contributed by atoms with Gasteiger partial charge in [-0.15, -0.1) is 0 Å². The number of amides is 1. The number of rotatable bonds is 8. The smallest absolute Gasteiger partial charge is 0.215 e. The van der Waals surface area contributed by atoms with E-state index in [-0.39, 0.29) is 0 Å². The highest BCUT2D eigenvalue weighted by Crippen LogP contribution is 2.47. The fourth-order valence-electron chi connectivity index (χ4n) is 3.39. The quantitative estimate of drug-likeness (QED) is 0.687. The molecule has 0 radical (unpaired) electrons. The van der Waals surface area contributed by atoms with Crippen LogP contribution >= 0.6 is 0 Å². The Morgan fingerprint density at radius 3 is 2.91 bits per heavy atom. The van der Waals surface area contributed by atoms with E-state index in [1.165, 1.54) is 36.9 Å². The van der Waals surface area contributed by atoms with E-state index in [2.05, 4.69) is 36.7 Å². The molecule has 1 aromatic rings. The molecule has 0 bridgehead atoms. The van der Waals surface area contributed by atoms with Crippen molar-refractivity contribution in [2.75, 3.05) is 29.4 Å². The lowest BCUT2D eigenvalue weighted by Crippen LogP contribution is -2.32. The predicted molar refractivity (Wildman–Crippen MR) is 95.0 cm³/mol. The first-order chi connectivity index (χ1) is 11.1. The van der Waals surface area contributed by atoms with E-state index in [0.717, 1.165) is 44.2 Å². The molecule has 2 heterocycles. The molecular weight excluding hydrogens is 286 g/mol. The fourth-order valence-corrected chi connectivity index (χ4v) is 3.39. The Labute approximate surface area is 139 Å². The molecule has 1 atom stereocenters. The minimum Gasteiger partial charge on any atom is -0.371 e. The number of pyridine rings is 1. The van der Waals surface area contributed by atoms with Gasteiger partial charge in [0.1, 0.15) is 5.82 Å². The Kier molecular flexibility index (Phi) is 4.60. The van der Waals surface area contributed by atoms with Crippen LogP contribution in [-0.2, 0) is 11.2 Å². The molecule has 0 spiro atoms. The Morgan fingerprint density at radius 1 is 1.48 bits per heavy atom. The molecule has 1 fully saturated rings. The second-order valence-electron chi connectivity index (χ2n) is 7.72. The molecule has 0 aromatic carbocycles. The van der Waals surface area contributed by atoms with Crippen molar-refractivity contribution >= 4 is 17.9 Å². The second-order valence-corrected chi connectivity index (χ2v) is 7.72.